The summed E-state index contributed by atoms with van der Waals surface area (Å²) in [6.45, 7) is 2.62. The van der Waals surface area contributed by atoms with Crippen molar-refractivity contribution in [2.24, 2.45) is 0 Å². The standard InChI is InChI=1S/C25H22FN3O2/c1-16-5-2-3-6-20(16)28-25(30)29-14-4-7-22(29)24-27-21-15-18(10-13-23(21)31-24)17-8-11-19(26)12-9-17/h2-3,5-6,8-13,15,22H,4,7,14H2,1H3,(H,28,30)/t22-/m0/s1. The summed E-state index contributed by atoms with van der Waals surface area (Å²) in [6, 6.07) is 19.5. The maximum Gasteiger partial charge on any atom is 0.322 e. The van der Waals surface area contributed by atoms with Crippen LogP contribution in [0.1, 0.15) is 30.3 Å². The Balaban J connectivity index is 1.40. The summed E-state index contributed by atoms with van der Waals surface area (Å²) in [5.41, 5.74) is 5.07. The first-order valence-electron chi connectivity index (χ1n) is 10.4. The number of oxazole rings is 1. The number of benzene rings is 3. The molecule has 3 aromatic carbocycles. The topological polar surface area (TPSA) is 58.4 Å². The number of para-hydroxylation sites is 1. The summed E-state index contributed by atoms with van der Waals surface area (Å²) < 4.78 is 19.3. The van der Waals surface area contributed by atoms with Crippen molar-refractivity contribution >= 4 is 22.8 Å². The van der Waals surface area contributed by atoms with Gasteiger partial charge in [0.25, 0.3) is 0 Å². The van der Waals surface area contributed by atoms with E-state index in [4.69, 9.17) is 9.40 Å². The summed E-state index contributed by atoms with van der Waals surface area (Å²) in [5, 5.41) is 3.01. The second kappa shape index (κ2) is 7.87. The van der Waals surface area contributed by atoms with Crippen LogP contribution >= 0.6 is 0 Å². The molecule has 4 aromatic rings. The minimum Gasteiger partial charge on any atom is -0.438 e. The Bertz CT molecular complexity index is 1250. The molecular weight excluding hydrogens is 393 g/mol. The zero-order valence-electron chi connectivity index (χ0n) is 17.1. The lowest BCUT2D eigenvalue weighted by Gasteiger charge is -2.23. The van der Waals surface area contributed by atoms with Crippen molar-refractivity contribution in [3.63, 3.8) is 0 Å². The first-order valence-corrected chi connectivity index (χ1v) is 10.4. The number of carbonyl (C=O) groups excluding carboxylic acids is 1. The molecule has 0 aliphatic carbocycles. The van der Waals surface area contributed by atoms with Gasteiger partial charge in [0.05, 0.1) is 0 Å². The molecule has 0 radical (unpaired) electrons. The molecule has 6 heteroatoms. The van der Waals surface area contributed by atoms with Crippen LogP contribution in [-0.2, 0) is 0 Å². The van der Waals surface area contributed by atoms with Crippen LogP contribution < -0.4 is 5.32 Å². The molecule has 5 rings (SSSR count). The Labute approximate surface area is 179 Å². The van der Waals surface area contributed by atoms with Crippen LogP contribution in [-0.4, -0.2) is 22.5 Å². The zero-order chi connectivity index (χ0) is 21.4. The van der Waals surface area contributed by atoms with Gasteiger partial charge in [0.1, 0.15) is 17.4 Å². The maximum absolute atomic E-state index is 13.2. The van der Waals surface area contributed by atoms with Gasteiger partial charge in [-0.1, -0.05) is 36.4 Å². The number of rotatable bonds is 3. The molecule has 1 aromatic heterocycles. The van der Waals surface area contributed by atoms with Gasteiger partial charge in [-0.15, -0.1) is 0 Å². The smallest absolute Gasteiger partial charge is 0.322 e. The molecule has 0 spiro atoms. The van der Waals surface area contributed by atoms with Gasteiger partial charge in [-0.2, -0.15) is 0 Å². The molecule has 1 N–H and O–H groups in total. The highest BCUT2D eigenvalue weighted by Gasteiger charge is 2.33. The van der Waals surface area contributed by atoms with Gasteiger partial charge in [-0.25, -0.2) is 14.2 Å². The highest BCUT2D eigenvalue weighted by molar-refractivity contribution is 5.90. The SMILES string of the molecule is Cc1ccccc1NC(=O)N1CCC[C@H]1c1nc2cc(-c3ccc(F)cc3)ccc2o1. The fraction of sp³-hybridized carbons (Fsp3) is 0.200. The first-order chi connectivity index (χ1) is 15.1. The first kappa shape index (κ1) is 19.3. The van der Waals surface area contributed by atoms with Crippen molar-refractivity contribution in [1.29, 1.82) is 0 Å². The van der Waals surface area contributed by atoms with E-state index in [0.717, 1.165) is 40.7 Å². The molecule has 2 heterocycles. The van der Waals surface area contributed by atoms with E-state index in [1.807, 2.05) is 49.4 Å². The molecule has 1 saturated heterocycles. The number of hydrogen-bond acceptors (Lipinski definition) is 3. The number of fused-ring (bicyclic) bond motifs is 1. The molecule has 0 unspecified atom stereocenters. The molecule has 1 fully saturated rings. The van der Waals surface area contributed by atoms with Crippen LogP contribution in [0.15, 0.2) is 71.1 Å². The highest BCUT2D eigenvalue weighted by Crippen LogP contribution is 2.35. The average Bonchev–Trinajstić information content (AvgIpc) is 3.42. The molecular formula is C25H22FN3O2. The van der Waals surface area contributed by atoms with E-state index in [1.165, 1.54) is 12.1 Å². The van der Waals surface area contributed by atoms with Crippen LogP contribution in [0.25, 0.3) is 22.2 Å². The van der Waals surface area contributed by atoms with Gasteiger partial charge >= 0.3 is 6.03 Å². The van der Waals surface area contributed by atoms with E-state index in [9.17, 15) is 9.18 Å². The second-order valence-corrected chi connectivity index (χ2v) is 7.84. The minimum atomic E-state index is -0.265. The molecule has 0 bridgehead atoms. The number of amides is 2. The normalized spacial score (nSPS) is 16.1. The van der Waals surface area contributed by atoms with Crippen LogP contribution in [0.5, 0.6) is 0 Å². The Kier molecular flexibility index (Phi) is 4.90. The van der Waals surface area contributed by atoms with E-state index in [1.54, 1.807) is 17.0 Å². The summed E-state index contributed by atoms with van der Waals surface area (Å²) in [6.07, 6.45) is 1.70. The average molecular weight is 415 g/mol. The lowest BCUT2D eigenvalue weighted by Crippen LogP contribution is -2.34. The number of aromatic nitrogens is 1. The van der Waals surface area contributed by atoms with Gasteiger partial charge in [-0.3, -0.25) is 0 Å². The number of carbonyl (C=O) groups is 1. The molecule has 31 heavy (non-hydrogen) atoms. The summed E-state index contributed by atoms with van der Waals surface area (Å²) in [7, 11) is 0. The molecule has 1 atom stereocenters. The molecule has 1 aliphatic heterocycles. The van der Waals surface area contributed by atoms with Gasteiger partial charge in [0.2, 0.25) is 5.89 Å². The van der Waals surface area contributed by atoms with E-state index in [0.29, 0.717) is 18.0 Å². The number of urea groups is 1. The number of likely N-dealkylation sites (tertiary alicyclic amines) is 1. The number of hydrogen-bond donors (Lipinski definition) is 1. The molecule has 0 saturated carbocycles. The fourth-order valence-electron chi connectivity index (χ4n) is 4.08. The van der Waals surface area contributed by atoms with Gasteiger partial charge in [0, 0.05) is 12.2 Å². The van der Waals surface area contributed by atoms with Crippen LogP contribution in [0, 0.1) is 12.7 Å². The monoisotopic (exact) mass is 415 g/mol. The van der Waals surface area contributed by atoms with Crippen molar-refractivity contribution in [2.45, 2.75) is 25.8 Å². The molecule has 2 amide bonds. The minimum absolute atomic E-state index is 0.147. The number of nitrogens with zero attached hydrogens (tertiary/aromatic N) is 2. The third-order valence-electron chi connectivity index (χ3n) is 5.77. The van der Waals surface area contributed by atoms with Crippen molar-refractivity contribution in [3.8, 4) is 11.1 Å². The Morgan fingerprint density at radius 1 is 1.10 bits per heavy atom. The zero-order valence-corrected chi connectivity index (χ0v) is 17.1. The Morgan fingerprint density at radius 2 is 1.87 bits per heavy atom. The third-order valence-corrected chi connectivity index (χ3v) is 5.77. The Morgan fingerprint density at radius 3 is 2.68 bits per heavy atom. The van der Waals surface area contributed by atoms with E-state index < -0.39 is 0 Å². The lowest BCUT2D eigenvalue weighted by atomic mass is 10.1. The van der Waals surface area contributed by atoms with Crippen molar-refractivity contribution in [2.75, 3.05) is 11.9 Å². The second-order valence-electron chi connectivity index (χ2n) is 7.84. The van der Waals surface area contributed by atoms with E-state index in [-0.39, 0.29) is 17.9 Å². The van der Waals surface area contributed by atoms with Crippen molar-refractivity contribution in [1.82, 2.24) is 9.88 Å². The molecule has 5 nitrogen and oxygen atoms in total. The van der Waals surface area contributed by atoms with E-state index in [2.05, 4.69) is 5.32 Å². The van der Waals surface area contributed by atoms with Gasteiger partial charge < -0.3 is 14.6 Å². The van der Waals surface area contributed by atoms with Crippen LogP contribution in [0.2, 0.25) is 0 Å². The highest BCUT2D eigenvalue weighted by atomic mass is 19.1. The summed E-state index contributed by atoms with van der Waals surface area (Å²) in [5.74, 6) is 0.280. The summed E-state index contributed by atoms with van der Waals surface area (Å²) in [4.78, 5) is 19.4. The predicted molar refractivity (Wildman–Crippen MR) is 118 cm³/mol. The molecule has 1 aliphatic rings. The summed E-state index contributed by atoms with van der Waals surface area (Å²) >= 11 is 0. The van der Waals surface area contributed by atoms with Crippen molar-refractivity contribution in [3.05, 3.63) is 84.0 Å². The molecule has 156 valence electrons. The largest absolute Gasteiger partial charge is 0.438 e. The Hall–Kier alpha value is -3.67. The third kappa shape index (κ3) is 3.77. The van der Waals surface area contributed by atoms with Gasteiger partial charge in [0.15, 0.2) is 5.58 Å². The van der Waals surface area contributed by atoms with Crippen LogP contribution in [0.4, 0.5) is 14.9 Å². The number of nitrogens with one attached hydrogen (secondary N) is 1. The van der Waals surface area contributed by atoms with Crippen molar-refractivity contribution < 1.29 is 13.6 Å². The van der Waals surface area contributed by atoms with E-state index >= 15 is 0 Å². The number of halogens is 1. The quantitative estimate of drug-likeness (QED) is 0.426. The maximum atomic E-state index is 13.2. The number of aryl methyl sites for hydroxylation is 1. The lowest BCUT2D eigenvalue weighted by molar-refractivity contribution is 0.199. The van der Waals surface area contributed by atoms with Crippen LogP contribution in [0.3, 0.4) is 0 Å². The number of anilines is 1. The van der Waals surface area contributed by atoms with Gasteiger partial charge in [-0.05, 0) is 66.8 Å². The fourth-order valence-corrected chi connectivity index (χ4v) is 4.08. The predicted octanol–water partition coefficient (Wildman–Crippen LogP) is 6.31.